The van der Waals surface area contributed by atoms with Gasteiger partial charge in [0.15, 0.2) is 0 Å². The van der Waals surface area contributed by atoms with E-state index in [1.54, 1.807) is 12.1 Å². The molecule has 1 nitrogen and oxygen atoms in total. The van der Waals surface area contributed by atoms with Crippen LogP contribution in [0.25, 0.3) is 0 Å². The Hall–Kier alpha value is -1.67. The monoisotopic (exact) mass is 285 g/mol. The van der Waals surface area contributed by atoms with Crippen LogP contribution in [0.2, 0.25) is 0 Å². The zero-order valence-electron chi connectivity index (χ0n) is 13.1. The molecule has 2 heteroatoms. The summed E-state index contributed by atoms with van der Waals surface area (Å²) in [6.45, 7) is 7.33. The summed E-state index contributed by atoms with van der Waals surface area (Å²) >= 11 is 0. The van der Waals surface area contributed by atoms with Gasteiger partial charge in [0, 0.05) is 6.04 Å². The molecule has 0 aromatic heterocycles. The van der Waals surface area contributed by atoms with Crippen molar-refractivity contribution in [1.82, 2.24) is 5.32 Å². The highest BCUT2D eigenvalue weighted by Gasteiger charge is 2.13. The van der Waals surface area contributed by atoms with E-state index in [0.717, 1.165) is 24.9 Å². The third-order valence-corrected chi connectivity index (χ3v) is 3.82. The number of hydrogen-bond acceptors (Lipinski definition) is 1. The van der Waals surface area contributed by atoms with Gasteiger partial charge in [-0.05, 0) is 62.1 Å². The first-order chi connectivity index (χ1) is 10.1. The first-order valence-electron chi connectivity index (χ1n) is 7.65. The molecule has 0 saturated heterocycles. The number of halogens is 1. The van der Waals surface area contributed by atoms with Crippen LogP contribution < -0.4 is 5.32 Å². The first-order valence-corrected chi connectivity index (χ1v) is 7.65. The maximum Gasteiger partial charge on any atom is 0.123 e. The van der Waals surface area contributed by atoms with Gasteiger partial charge in [0.25, 0.3) is 0 Å². The lowest BCUT2D eigenvalue weighted by molar-refractivity contribution is 0.523. The highest BCUT2D eigenvalue weighted by atomic mass is 19.1. The topological polar surface area (TPSA) is 12.0 Å². The molecule has 2 aromatic carbocycles. The molecule has 2 rings (SSSR count). The Bertz CT molecular complexity index is 592. The molecule has 0 spiro atoms. The molecule has 0 saturated carbocycles. The number of nitrogens with one attached hydrogen (secondary N) is 1. The summed E-state index contributed by atoms with van der Waals surface area (Å²) in [5, 5.41) is 3.54. The fourth-order valence-electron chi connectivity index (χ4n) is 2.59. The zero-order valence-corrected chi connectivity index (χ0v) is 13.1. The first kappa shape index (κ1) is 15.7. The van der Waals surface area contributed by atoms with E-state index >= 15 is 0 Å². The third-order valence-electron chi connectivity index (χ3n) is 3.82. The van der Waals surface area contributed by atoms with Gasteiger partial charge in [-0.1, -0.05) is 42.8 Å². The van der Waals surface area contributed by atoms with Gasteiger partial charge < -0.3 is 5.32 Å². The molecule has 1 atom stereocenters. The average Bonchev–Trinajstić information content (AvgIpc) is 2.47. The van der Waals surface area contributed by atoms with Crippen molar-refractivity contribution in [2.45, 2.75) is 39.7 Å². The van der Waals surface area contributed by atoms with Gasteiger partial charge in [-0.2, -0.15) is 0 Å². The maximum atomic E-state index is 13.5. The summed E-state index contributed by atoms with van der Waals surface area (Å²) < 4.78 is 13.5. The fourth-order valence-corrected chi connectivity index (χ4v) is 2.59. The molecule has 0 radical (unpaired) electrons. The average molecular weight is 285 g/mol. The molecule has 1 unspecified atom stereocenters. The molecule has 0 heterocycles. The van der Waals surface area contributed by atoms with E-state index in [2.05, 4.69) is 44.3 Å². The predicted molar refractivity (Wildman–Crippen MR) is 87.1 cm³/mol. The van der Waals surface area contributed by atoms with Crippen LogP contribution in [0.1, 0.15) is 41.6 Å². The Balaban J connectivity index is 2.25. The van der Waals surface area contributed by atoms with Crippen molar-refractivity contribution in [2.24, 2.45) is 0 Å². The van der Waals surface area contributed by atoms with Gasteiger partial charge in [-0.3, -0.25) is 0 Å². The van der Waals surface area contributed by atoms with Crippen LogP contribution in [-0.4, -0.2) is 6.54 Å². The highest BCUT2D eigenvalue weighted by Crippen LogP contribution is 2.22. The van der Waals surface area contributed by atoms with E-state index in [9.17, 15) is 4.39 Å². The lowest BCUT2D eigenvalue weighted by Gasteiger charge is -2.20. The van der Waals surface area contributed by atoms with Crippen LogP contribution in [0.3, 0.4) is 0 Å². The van der Waals surface area contributed by atoms with Crippen molar-refractivity contribution < 1.29 is 4.39 Å². The number of aryl methyl sites for hydroxylation is 2. The van der Waals surface area contributed by atoms with Gasteiger partial charge in [0.05, 0.1) is 0 Å². The van der Waals surface area contributed by atoms with Gasteiger partial charge in [0.2, 0.25) is 0 Å². The van der Waals surface area contributed by atoms with Crippen molar-refractivity contribution in [1.29, 1.82) is 0 Å². The minimum Gasteiger partial charge on any atom is -0.310 e. The summed E-state index contributed by atoms with van der Waals surface area (Å²) in [6.07, 6.45) is 1.95. The van der Waals surface area contributed by atoms with Crippen LogP contribution in [0.5, 0.6) is 0 Å². The zero-order chi connectivity index (χ0) is 15.2. The van der Waals surface area contributed by atoms with Crippen molar-refractivity contribution >= 4 is 0 Å². The van der Waals surface area contributed by atoms with Crippen LogP contribution in [0, 0.1) is 19.7 Å². The maximum absolute atomic E-state index is 13.5. The Kier molecular flexibility index (Phi) is 5.51. The second-order valence-electron chi connectivity index (χ2n) is 5.70. The van der Waals surface area contributed by atoms with Gasteiger partial charge in [-0.15, -0.1) is 0 Å². The Morgan fingerprint density at radius 2 is 1.90 bits per heavy atom. The molecule has 0 aliphatic carbocycles. The minimum atomic E-state index is -0.170. The Morgan fingerprint density at radius 3 is 2.62 bits per heavy atom. The van der Waals surface area contributed by atoms with Crippen LogP contribution in [-0.2, 0) is 6.42 Å². The largest absolute Gasteiger partial charge is 0.310 e. The molecular weight excluding hydrogens is 261 g/mol. The molecule has 21 heavy (non-hydrogen) atoms. The number of benzene rings is 2. The molecule has 0 bridgehead atoms. The van der Waals surface area contributed by atoms with E-state index in [1.807, 2.05) is 6.07 Å². The normalized spacial score (nSPS) is 12.4. The van der Waals surface area contributed by atoms with Crippen molar-refractivity contribution in [3.05, 3.63) is 70.5 Å². The molecule has 1 N–H and O–H groups in total. The summed E-state index contributed by atoms with van der Waals surface area (Å²) in [4.78, 5) is 0. The smallest absolute Gasteiger partial charge is 0.123 e. The van der Waals surface area contributed by atoms with E-state index in [1.165, 1.54) is 22.8 Å². The summed E-state index contributed by atoms with van der Waals surface area (Å²) in [6, 6.07) is 13.6. The van der Waals surface area contributed by atoms with E-state index in [0.29, 0.717) is 0 Å². The van der Waals surface area contributed by atoms with Gasteiger partial charge in [0.1, 0.15) is 5.82 Å². The summed E-state index contributed by atoms with van der Waals surface area (Å²) in [5.41, 5.74) is 4.90. The second kappa shape index (κ2) is 7.37. The van der Waals surface area contributed by atoms with Crippen LogP contribution in [0.15, 0.2) is 42.5 Å². The van der Waals surface area contributed by atoms with Crippen LogP contribution in [0.4, 0.5) is 4.39 Å². The predicted octanol–water partition coefficient (Wildman–Crippen LogP) is 4.73. The van der Waals surface area contributed by atoms with Gasteiger partial charge >= 0.3 is 0 Å². The second-order valence-corrected chi connectivity index (χ2v) is 5.70. The quantitative estimate of drug-likeness (QED) is 0.809. The molecule has 0 fully saturated rings. The Morgan fingerprint density at radius 1 is 1.10 bits per heavy atom. The van der Waals surface area contributed by atoms with Crippen molar-refractivity contribution in [3.8, 4) is 0 Å². The number of hydrogen-bond donors (Lipinski definition) is 1. The SMILES string of the molecule is CCCNC(Cc1cc(C)ccc1C)c1cccc(F)c1. The molecule has 0 aliphatic rings. The Labute approximate surface area is 127 Å². The lowest BCUT2D eigenvalue weighted by Crippen LogP contribution is -2.24. The highest BCUT2D eigenvalue weighted by molar-refractivity contribution is 5.33. The van der Waals surface area contributed by atoms with E-state index < -0.39 is 0 Å². The molecular formula is C19H24FN. The van der Waals surface area contributed by atoms with Crippen molar-refractivity contribution in [2.75, 3.05) is 6.54 Å². The fraction of sp³-hybridized carbons (Fsp3) is 0.368. The summed E-state index contributed by atoms with van der Waals surface area (Å²) in [5.74, 6) is -0.170. The minimum absolute atomic E-state index is 0.154. The van der Waals surface area contributed by atoms with Crippen molar-refractivity contribution in [3.63, 3.8) is 0 Å². The molecule has 0 aliphatic heterocycles. The van der Waals surface area contributed by atoms with Gasteiger partial charge in [-0.25, -0.2) is 4.39 Å². The standard InChI is InChI=1S/C19H24FN/c1-4-10-21-19(16-6-5-7-18(20)12-16)13-17-11-14(2)8-9-15(17)3/h5-9,11-12,19,21H,4,10,13H2,1-3H3. The van der Waals surface area contributed by atoms with E-state index in [-0.39, 0.29) is 11.9 Å². The molecule has 2 aromatic rings. The molecule has 0 amide bonds. The lowest BCUT2D eigenvalue weighted by atomic mass is 9.94. The van der Waals surface area contributed by atoms with E-state index in [4.69, 9.17) is 0 Å². The molecule has 112 valence electrons. The van der Waals surface area contributed by atoms with Crippen LogP contribution >= 0.6 is 0 Å². The summed E-state index contributed by atoms with van der Waals surface area (Å²) in [7, 11) is 0. The third kappa shape index (κ3) is 4.40. The number of rotatable bonds is 6.